The van der Waals surface area contributed by atoms with Crippen molar-refractivity contribution >= 4 is 0 Å². The SMILES string of the molecule is C[N+]1(CC2CC2)CC[C@]23c4c5ccc(O)c4O[C@H]2CCC[C@@]3(OCCCc2ccccc2)[C@H]1C5. The number of ether oxygens (including phenoxy) is 2. The second-order valence-electron chi connectivity index (χ2n) is 12.0. The van der Waals surface area contributed by atoms with E-state index in [-0.39, 0.29) is 17.1 Å². The van der Waals surface area contributed by atoms with E-state index in [1.165, 1.54) is 42.6 Å². The molecule has 7 rings (SSSR count). The minimum absolute atomic E-state index is 0.106. The topological polar surface area (TPSA) is 38.7 Å². The highest BCUT2D eigenvalue weighted by Crippen LogP contribution is 2.67. The summed E-state index contributed by atoms with van der Waals surface area (Å²) in [6, 6.07) is 15.3. The third-order valence-electron chi connectivity index (χ3n) is 10.2. The number of piperidine rings is 1. The number of aryl methyl sites for hydroxylation is 1. The summed E-state index contributed by atoms with van der Waals surface area (Å²) >= 11 is 0. The number of phenolic OH excluding ortho intramolecular Hbond substituents is 1. The molecule has 0 amide bonds. The van der Waals surface area contributed by atoms with Crippen molar-refractivity contribution in [3.63, 3.8) is 0 Å². The van der Waals surface area contributed by atoms with Crippen LogP contribution in [0.5, 0.6) is 11.5 Å². The van der Waals surface area contributed by atoms with Gasteiger partial charge in [0.25, 0.3) is 0 Å². The molecule has 1 N–H and O–H groups in total. The van der Waals surface area contributed by atoms with Gasteiger partial charge in [0.05, 0.1) is 25.6 Å². The highest BCUT2D eigenvalue weighted by Gasteiger charge is 2.75. The molecule has 0 radical (unpaired) electrons. The molecule has 5 atom stereocenters. The summed E-state index contributed by atoms with van der Waals surface area (Å²) in [5.41, 5.74) is 3.81. The molecule has 4 heteroatoms. The minimum Gasteiger partial charge on any atom is -0.504 e. The van der Waals surface area contributed by atoms with Crippen LogP contribution < -0.4 is 4.74 Å². The monoisotopic (exact) mass is 460 g/mol. The van der Waals surface area contributed by atoms with Gasteiger partial charge in [-0.15, -0.1) is 0 Å². The van der Waals surface area contributed by atoms with E-state index in [0.717, 1.165) is 67.7 Å². The van der Waals surface area contributed by atoms with Gasteiger partial charge in [-0.25, -0.2) is 0 Å². The first kappa shape index (κ1) is 21.3. The molecule has 34 heavy (non-hydrogen) atoms. The lowest BCUT2D eigenvalue weighted by molar-refractivity contribution is -0.951. The number of likely N-dealkylation sites (tertiary alicyclic amines) is 1. The van der Waals surface area contributed by atoms with E-state index in [0.29, 0.717) is 11.8 Å². The van der Waals surface area contributed by atoms with Gasteiger partial charge in [-0.05, 0) is 62.1 Å². The molecule has 1 spiro atoms. The number of nitrogens with zero attached hydrogens (tertiary/aromatic N) is 1. The Morgan fingerprint density at radius 3 is 2.76 bits per heavy atom. The van der Waals surface area contributed by atoms with Gasteiger partial charge in [0.2, 0.25) is 0 Å². The van der Waals surface area contributed by atoms with Crippen molar-refractivity contribution in [2.45, 2.75) is 80.9 Å². The summed E-state index contributed by atoms with van der Waals surface area (Å²) in [5.74, 6) is 1.99. The Balaban J connectivity index is 1.29. The van der Waals surface area contributed by atoms with E-state index in [1.807, 2.05) is 6.07 Å². The molecule has 3 aliphatic carbocycles. The number of benzene rings is 2. The van der Waals surface area contributed by atoms with Crippen LogP contribution in [0.3, 0.4) is 0 Å². The van der Waals surface area contributed by atoms with Gasteiger partial charge in [0, 0.05) is 30.9 Å². The predicted octanol–water partition coefficient (Wildman–Crippen LogP) is 5.15. The number of aromatic hydroxyl groups is 1. The Hall–Kier alpha value is -2.04. The highest BCUT2D eigenvalue weighted by molar-refractivity contribution is 5.62. The standard InChI is InChI=1S/C30H37NO3/c1-31(20-22-11-12-22)17-16-29-26-10-5-15-30(29,33-18-6-9-21-7-3-2-4-8-21)25(31)19-23-13-14-24(32)28(34-26)27(23)29/h2-4,7-8,13-14,22,25-26H,5-6,9-12,15-20H2,1H3/p+1/t25-,26+,29-,30-,31?/m1/s1. The van der Waals surface area contributed by atoms with E-state index in [2.05, 4.69) is 43.4 Å². The van der Waals surface area contributed by atoms with Gasteiger partial charge >= 0.3 is 0 Å². The molecule has 4 nitrogen and oxygen atoms in total. The highest BCUT2D eigenvalue weighted by atomic mass is 16.5. The first-order chi connectivity index (χ1) is 16.6. The maximum atomic E-state index is 10.8. The third kappa shape index (κ3) is 2.85. The van der Waals surface area contributed by atoms with Crippen molar-refractivity contribution in [1.29, 1.82) is 0 Å². The van der Waals surface area contributed by atoms with Gasteiger partial charge in [-0.3, -0.25) is 0 Å². The fourth-order valence-corrected chi connectivity index (χ4v) is 8.58. The molecule has 1 saturated heterocycles. The van der Waals surface area contributed by atoms with Crippen molar-refractivity contribution in [1.82, 2.24) is 0 Å². The molecule has 2 aromatic rings. The van der Waals surface area contributed by atoms with Gasteiger partial charge in [-0.1, -0.05) is 36.4 Å². The van der Waals surface area contributed by atoms with Crippen LogP contribution in [-0.4, -0.2) is 54.1 Å². The van der Waals surface area contributed by atoms with Crippen LogP contribution in [0.25, 0.3) is 0 Å². The number of phenols is 1. The zero-order valence-electron chi connectivity index (χ0n) is 20.5. The van der Waals surface area contributed by atoms with Crippen LogP contribution in [-0.2, 0) is 23.0 Å². The average Bonchev–Trinajstić information content (AvgIpc) is 3.58. The van der Waals surface area contributed by atoms with Crippen LogP contribution >= 0.6 is 0 Å². The lowest BCUT2D eigenvalue weighted by atomic mass is 9.48. The van der Waals surface area contributed by atoms with Crippen molar-refractivity contribution in [3.05, 3.63) is 59.2 Å². The van der Waals surface area contributed by atoms with Crippen LogP contribution in [0.15, 0.2) is 42.5 Å². The second-order valence-corrected chi connectivity index (χ2v) is 12.0. The summed E-state index contributed by atoms with van der Waals surface area (Å²) in [5, 5.41) is 10.8. The minimum atomic E-state index is -0.194. The van der Waals surface area contributed by atoms with Gasteiger partial charge in [0.15, 0.2) is 11.5 Å². The van der Waals surface area contributed by atoms with Crippen molar-refractivity contribution in [2.75, 3.05) is 26.7 Å². The molecule has 180 valence electrons. The normalized spacial score (nSPS) is 37.2. The first-order valence-electron chi connectivity index (χ1n) is 13.6. The number of rotatable bonds is 7. The largest absolute Gasteiger partial charge is 0.504 e. The summed E-state index contributed by atoms with van der Waals surface area (Å²) in [7, 11) is 2.52. The average molecular weight is 461 g/mol. The smallest absolute Gasteiger partial charge is 0.165 e. The lowest BCUT2D eigenvalue weighted by Gasteiger charge is -2.66. The Morgan fingerprint density at radius 2 is 1.94 bits per heavy atom. The van der Waals surface area contributed by atoms with Crippen LogP contribution in [0, 0.1) is 5.92 Å². The molecule has 2 heterocycles. The summed E-state index contributed by atoms with van der Waals surface area (Å²) < 4.78 is 15.1. The second kappa shape index (κ2) is 7.48. The zero-order chi connectivity index (χ0) is 23.0. The number of hydrogen-bond acceptors (Lipinski definition) is 3. The molecule has 2 bridgehead atoms. The molecular weight excluding hydrogens is 422 g/mol. The lowest BCUT2D eigenvalue weighted by Crippen LogP contribution is -2.80. The Morgan fingerprint density at radius 1 is 1.09 bits per heavy atom. The molecule has 2 saturated carbocycles. The summed E-state index contributed by atoms with van der Waals surface area (Å²) in [6.07, 6.45) is 10.5. The Bertz CT molecular complexity index is 1100. The first-order valence-corrected chi connectivity index (χ1v) is 13.6. The quantitative estimate of drug-likeness (QED) is 0.459. The van der Waals surface area contributed by atoms with E-state index in [4.69, 9.17) is 9.47 Å². The molecular formula is C30H38NO3+. The van der Waals surface area contributed by atoms with E-state index in [9.17, 15) is 5.11 Å². The summed E-state index contributed by atoms with van der Waals surface area (Å²) in [4.78, 5) is 0. The molecule has 2 aliphatic heterocycles. The summed E-state index contributed by atoms with van der Waals surface area (Å²) in [6.45, 7) is 3.29. The number of quaternary nitrogens is 1. The van der Waals surface area contributed by atoms with Crippen LogP contribution in [0.1, 0.15) is 61.6 Å². The fourth-order valence-electron chi connectivity index (χ4n) is 8.58. The molecule has 0 aromatic heterocycles. The van der Waals surface area contributed by atoms with E-state index in [1.54, 1.807) is 0 Å². The Kier molecular flexibility index (Phi) is 4.68. The molecule has 3 fully saturated rings. The number of hydrogen-bond donors (Lipinski definition) is 1. The molecule has 5 aliphatic rings. The van der Waals surface area contributed by atoms with E-state index < -0.39 is 0 Å². The van der Waals surface area contributed by atoms with Crippen molar-refractivity contribution in [3.8, 4) is 11.5 Å². The fraction of sp³-hybridized carbons (Fsp3) is 0.600. The van der Waals surface area contributed by atoms with Crippen molar-refractivity contribution in [2.24, 2.45) is 5.92 Å². The van der Waals surface area contributed by atoms with Crippen LogP contribution in [0.2, 0.25) is 0 Å². The number of likely N-dealkylation sites (N-methyl/N-ethyl adjacent to an activating group) is 1. The zero-order valence-corrected chi connectivity index (χ0v) is 20.5. The van der Waals surface area contributed by atoms with Gasteiger partial charge in [-0.2, -0.15) is 0 Å². The maximum absolute atomic E-state index is 10.8. The van der Waals surface area contributed by atoms with Gasteiger partial charge in [0.1, 0.15) is 17.7 Å². The molecule has 1 unspecified atom stereocenters. The van der Waals surface area contributed by atoms with Crippen LogP contribution in [0.4, 0.5) is 0 Å². The van der Waals surface area contributed by atoms with Gasteiger partial charge < -0.3 is 19.1 Å². The predicted molar refractivity (Wildman–Crippen MR) is 132 cm³/mol. The molecule has 2 aromatic carbocycles. The van der Waals surface area contributed by atoms with Crippen molar-refractivity contribution < 1.29 is 19.1 Å². The maximum Gasteiger partial charge on any atom is 0.165 e. The van der Waals surface area contributed by atoms with E-state index >= 15 is 0 Å². The third-order valence-corrected chi connectivity index (χ3v) is 10.2. The Labute approximate surface area is 203 Å².